The van der Waals surface area contributed by atoms with Crippen molar-refractivity contribution in [3.05, 3.63) is 70.4 Å². The molecule has 0 bridgehead atoms. The van der Waals surface area contributed by atoms with Crippen LogP contribution in [0.4, 0.5) is 5.13 Å². The summed E-state index contributed by atoms with van der Waals surface area (Å²) in [6.45, 7) is 8.31. The fourth-order valence-electron chi connectivity index (χ4n) is 3.64. The van der Waals surface area contributed by atoms with Crippen molar-refractivity contribution in [1.82, 2.24) is 19.7 Å². The molecule has 31 heavy (non-hydrogen) atoms. The van der Waals surface area contributed by atoms with Crippen LogP contribution in [0.3, 0.4) is 0 Å². The van der Waals surface area contributed by atoms with E-state index >= 15 is 0 Å². The predicted octanol–water partition coefficient (Wildman–Crippen LogP) is 5.36. The van der Waals surface area contributed by atoms with Crippen LogP contribution in [0.2, 0.25) is 0 Å². The molecule has 2 aromatic heterocycles. The second-order valence-corrected chi connectivity index (χ2v) is 9.22. The number of thioether (sulfide) groups is 1. The van der Waals surface area contributed by atoms with Crippen LogP contribution < -0.4 is 5.32 Å². The van der Waals surface area contributed by atoms with E-state index in [0.717, 1.165) is 22.5 Å². The summed E-state index contributed by atoms with van der Waals surface area (Å²) in [5.74, 6) is 0.102. The molecule has 0 saturated carbocycles. The standard InChI is InChI=1S/C23H23N5OS2/c1-14-9-16(3)21(17(4)10-14)18-11-30-22(25-18)26-20(29)12-31-23-27-24-13-28(23)19-8-6-5-7-15(19)2/h5-11,13H,12H2,1-4H3,(H,25,26,29). The number of nitrogens with one attached hydrogen (secondary N) is 1. The normalized spacial score (nSPS) is 11.0. The number of carbonyl (C=O) groups is 1. The molecule has 2 aromatic carbocycles. The van der Waals surface area contributed by atoms with Gasteiger partial charge in [0.2, 0.25) is 5.91 Å². The summed E-state index contributed by atoms with van der Waals surface area (Å²) in [6, 6.07) is 12.3. The van der Waals surface area contributed by atoms with Gasteiger partial charge in [-0.25, -0.2) is 4.98 Å². The zero-order valence-corrected chi connectivity index (χ0v) is 19.5. The topological polar surface area (TPSA) is 72.7 Å². The van der Waals surface area contributed by atoms with Gasteiger partial charge in [0.15, 0.2) is 10.3 Å². The Kier molecular flexibility index (Phi) is 6.20. The van der Waals surface area contributed by atoms with Gasteiger partial charge in [-0.1, -0.05) is 47.7 Å². The molecule has 1 N–H and O–H groups in total. The molecule has 4 aromatic rings. The summed E-state index contributed by atoms with van der Waals surface area (Å²) in [7, 11) is 0. The van der Waals surface area contributed by atoms with Crippen molar-refractivity contribution in [2.75, 3.05) is 11.1 Å². The van der Waals surface area contributed by atoms with E-state index in [1.165, 1.54) is 39.8 Å². The van der Waals surface area contributed by atoms with E-state index in [0.29, 0.717) is 10.3 Å². The average molecular weight is 450 g/mol. The number of anilines is 1. The molecule has 158 valence electrons. The second kappa shape index (κ2) is 9.03. The number of nitrogens with zero attached hydrogens (tertiary/aromatic N) is 4. The van der Waals surface area contributed by atoms with Crippen LogP contribution in [0, 0.1) is 27.7 Å². The largest absolute Gasteiger partial charge is 0.301 e. The van der Waals surface area contributed by atoms with E-state index in [9.17, 15) is 4.79 Å². The van der Waals surface area contributed by atoms with Crippen LogP contribution in [-0.4, -0.2) is 31.4 Å². The lowest BCUT2D eigenvalue weighted by atomic mass is 9.98. The van der Waals surface area contributed by atoms with Gasteiger partial charge in [-0.3, -0.25) is 9.36 Å². The van der Waals surface area contributed by atoms with Crippen LogP contribution in [0.5, 0.6) is 0 Å². The third-order valence-corrected chi connectivity index (χ3v) is 6.61. The molecule has 6 nitrogen and oxygen atoms in total. The minimum atomic E-state index is -0.123. The minimum absolute atomic E-state index is 0.123. The highest BCUT2D eigenvalue weighted by Gasteiger charge is 2.14. The first kappa shape index (κ1) is 21.3. The highest BCUT2D eigenvalue weighted by molar-refractivity contribution is 7.99. The summed E-state index contributed by atoms with van der Waals surface area (Å²) >= 11 is 2.78. The van der Waals surface area contributed by atoms with Crippen LogP contribution in [0.1, 0.15) is 22.3 Å². The SMILES string of the molecule is Cc1cc(C)c(-c2csc(NC(=O)CSc3nncn3-c3ccccc3C)n2)c(C)c1. The summed E-state index contributed by atoms with van der Waals surface area (Å²) in [4.78, 5) is 17.2. The molecule has 0 spiro atoms. The van der Waals surface area contributed by atoms with Gasteiger partial charge >= 0.3 is 0 Å². The van der Waals surface area contributed by atoms with Gasteiger partial charge in [0.05, 0.1) is 17.1 Å². The monoisotopic (exact) mass is 449 g/mol. The molecule has 0 saturated heterocycles. The van der Waals surface area contributed by atoms with Gasteiger partial charge in [-0.2, -0.15) is 0 Å². The number of thiazole rings is 1. The average Bonchev–Trinajstić information content (AvgIpc) is 3.36. The summed E-state index contributed by atoms with van der Waals surface area (Å²) in [5, 5.41) is 14.3. The number of aryl methyl sites for hydroxylation is 4. The number of hydrogen-bond donors (Lipinski definition) is 1. The maximum absolute atomic E-state index is 12.5. The van der Waals surface area contributed by atoms with Gasteiger partial charge in [-0.15, -0.1) is 21.5 Å². The van der Waals surface area contributed by atoms with Crippen LogP contribution in [0.25, 0.3) is 16.9 Å². The molecular weight excluding hydrogens is 426 g/mol. The molecule has 0 atom stereocenters. The van der Waals surface area contributed by atoms with Crippen molar-refractivity contribution in [2.45, 2.75) is 32.9 Å². The summed E-state index contributed by atoms with van der Waals surface area (Å²) < 4.78 is 1.90. The van der Waals surface area contributed by atoms with Gasteiger partial charge < -0.3 is 5.32 Å². The van der Waals surface area contributed by atoms with Crippen molar-refractivity contribution >= 4 is 34.1 Å². The van der Waals surface area contributed by atoms with Crippen LogP contribution in [-0.2, 0) is 4.79 Å². The Balaban J connectivity index is 1.43. The third-order valence-electron chi connectivity index (χ3n) is 4.91. The maximum Gasteiger partial charge on any atom is 0.236 e. The number of hydrogen-bond acceptors (Lipinski definition) is 6. The molecule has 0 aliphatic carbocycles. The van der Waals surface area contributed by atoms with E-state index in [2.05, 4.69) is 53.4 Å². The molecular formula is C23H23N5OS2. The Morgan fingerprint density at radius 2 is 1.84 bits per heavy atom. The van der Waals surface area contributed by atoms with Gasteiger partial charge in [0.1, 0.15) is 6.33 Å². The van der Waals surface area contributed by atoms with Gasteiger partial charge in [0, 0.05) is 10.9 Å². The molecule has 0 aliphatic heterocycles. The molecule has 0 aliphatic rings. The first-order valence-electron chi connectivity index (χ1n) is 9.85. The first-order valence-corrected chi connectivity index (χ1v) is 11.7. The van der Waals surface area contributed by atoms with Gasteiger partial charge in [0.25, 0.3) is 0 Å². The van der Waals surface area contributed by atoms with Crippen LogP contribution in [0.15, 0.2) is 53.3 Å². The number of benzene rings is 2. The van der Waals surface area contributed by atoms with Crippen molar-refractivity contribution in [2.24, 2.45) is 0 Å². The van der Waals surface area contributed by atoms with Crippen molar-refractivity contribution in [3.63, 3.8) is 0 Å². The lowest BCUT2D eigenvalue weighted by molar-refractivity contribution is -0.113. The van der Waals surface area contributed by atoms with Crippen molar-refractivity contribution < 1.29 is 4.79 Å². The Labute approximate surface area is 189 Å². The maximum atomic E-state index is 12.5. The predicted molar refractivity (Wildman–Crippen MR) is 127 cm³/mol. The number of rotatable bonds is 6. The van der Waals surface area contributed by atoms with Gasteiger partial charge in [-0.05, 0) is 50.5 Å². The minimum Gasteiger partial charge on any atom is -0.301 e. The molecule has 8 heteroatoms. The molecule has 0 radical (unpaired) electrons. The van der Waals surface area contributed by atoms with Crippen molar-refractivity contribution in [3.8, 4) is 16.9 Å². The number of amides is 1. The third kappa shape index (κ3) is 4.70. The van der Waals surface area contributed by atoms with E-state index in [-0.39, 0.29) is 11.7 Å². The lowest BCUT2D eigenvalue weighted by Gasteiger charge is -2.09. The quantitative estimate of drug-likeness (QED) is 0.402. The molecule has 1 amide bonds. The molecule has 0 unspecified atom stereocenters. The second-order valence-electron chi connectivity index (χ2n) is 7.42. The van der Waals surface area contributed by atoms with E-state index in [1.54, 1.807) is 6.33 Å². The smallest absolute Gasteiger partial charge is 0.236 e. The van der Waals surface area contributed by atoms with E-state index in [1.807, 2.05) is 41.1 Å². The molecule has 4 rings (SSSR count). The summed E-state index contributed by atoms with van der Waals surface area (Å²) in [6.07, 6.45) is 1.67. The number of para-hydroxylation sites is 1. The fraction of sp³-hybridized carbons (Fsp3) is 0.217. The van der Waals surface area contributed by atoms with Crippen molar-refractivity contribution in [1.29, 1.82) is 0 Å². The first-order chi connectivity index (χ1) is 14.9. The number of aromatic nitrogens is 4. The Morgan fingerprint density at radius 3 is 2.58 bits per heavy atom. The Bertz CT molecular complexity index is 1220. The van der Waals surface area contributed by atoms with E-state index in [4.69, 9.17) is 0 Å². The Morgan fingerprint density at radius 1 is 1.10 bits per heavy atom. The van der Waals surface area contributed by atoms with E-state index < -0.39 is 0 Å². The zero-order valence-electron chi connectivity index (χ0n) is 17.8. The molecule has 0 fully saturated rings. The Hall–Kier alpha value is -2.97. The zero-order chi connectivity index (χ0) is 22.0. The highest BCUT2D eigenvalue weighted by atomic mass is 32.2. The van der Waals surface area contributed by atoms with Crippen LogP contribution >= 0.6 is 23.1 Å². The summed E-state index contributed by atoms with van der Waals surface area (Å²) in [5.41, 5.74) is 7.75. The highest BCUT2D eigenvalue weighted by Crippen LogP contribution is 2.31. The molecule has 2 heterocycles. The fourth-order valence-corrected chi connectivity index (χ4v) is 5.08. The lowest BCUT2D eigenvalue weighted by Crippen LogP contribution is -2.14. The number of carbonyl (C=O) groups excluding carboxylic acids is 1.